The molecule has 1 N–H and O–H groups in total. The highest BCUT2D eigenvalue weighted by atomic mass is 32.2. The summed E-state index contributed by atoms with van der Waals surface area (Å²) in [5.74, 6) is -0.607. The predicted octanol–water partition coefficient (Wildman–Crippen LogP) is 1.74. The number of hydrogen-bond donors (Lipinski definition) is 1. The SMILES string of the molecule is CS(=O)(=O)N[C@H]1C[C@@H]2C[C@H]1CN2C(=O)c1ccc(OC(F)(F)F)cc1. The van der Waals surface area contributed by atoms with E-state index in [0.29, 0.717) is 19.4 Å². The third kappa shape index (κ3) is 4.24. The van der Waals surface area contributed by atoms with Crippen molar-refractivity contribution >= 4 is 15.9 Å². The van der Waals surface area contributed by atoms with E-state index in [2.05, 4.69) is 9.46 Å². The maximum Gasteiger partial charge on any atom is 0.573 e. The van der Waals surface area contributed by atoms with E-state index in [1.807, 2.05) is 0 Å². The van der Waals surface area contributed by atoms with Crippen LogP contribution < -0.4 is 9.46 Å². The summed E-state index contributed by atoms with van der Waals surface area (Å²) in [5.41, 5.74) is 0.273. The number of fused-ring (bicyclic) bond motifs is 2. The third-order valence-electron chi connectivity index (χ3n) is 4.50. The van der Waals surface area contributed by atoms with Crippen LogP contribution in [-0.4, -0.2) is 50.5 Å². The highest BCUT2D eigenvalue weighted by Crippen LogP contribution is 2.39. The van der Waals surface area contributed by atoms with E-state index in [1.54, 1.807) is 4.90 Å². The molecule has 2 aliphatic rings. The molecule has 1 heterocycles. The fourth-order valence-electron chi connectivity index (χ4n) is 3.59. The molecule has 25 heavy (non-hydrogen) atoms. The molecule has 6 nitrogen and oxygen atoms in total. The Hall–Kier alpha value is -1.81. The monoisotopic (exact) mass is 378 g/mol. The molecule has 0 spiro atoms. The summed E-state index contributed by atoms with van der Waals surface area (Å²) in [6, 6.07) is 4.55. The number of hydrogen-bond acceptors (Lipinski definition) is 4. The number of rotatable bonds is 4. The first kappa shape index (κ1) is 18.0. The van der Waals surface area contributed by atoms with Gasteiger partial charge in [-0.25, -0.2) is 13.1 Å². The number of sulfonamides is 1. The van der Waals surface area contributed by atoms with Gasteiger partial charge in [0.2, 0.25) is 10.0 Å². The number of halogens is 3. The molecule has 0 unspecified atom stereocenters. The van der Waals surface area contributed by atoms with Gasteiger partial charge >= 0.3 is 6.36 Å². The van der Waals surface area contributed by atoms with Crippen molar-refractivity contribution in [1.29, 1.82) is 0 Å². The Morgan fingerprint density at radius 1 is 1.24 bits per heavy atom. The number of piperidine rings is 1. The standard InChI is InChI=1S/C15H17F3N2O4S/c1-25(22,23)19-13-7-11-6-10(13)8-20(11)14(21)9-2-4-12(5-3-9)24-15(16,17)18/h2-5,10-11,13,19H,6-8H2,1H3/t10-,11-,13-/m0/s1. The number of alkyl halides is 3. The van der Waals surface area contributed by atoms with Crippen molar-refractivity contribution in [3.05, 3.63) is 29.8 Å². The van der Waals surface area contributed by atoms with Crippen LogP contribution >= 0.6 is 0 Å². The second-order valence-corrected chi connectivity index (χ2v) is 8.19. The molecule has 2 bridgehead atoms. The molecular formula is C15H17F3N2O4S. The van der Waals surface area contributed by atoms with E-state index in [9.17, 15) is 26.4 Å². The Labute approximate surface area is 143 Å². The fourth-order valence-corrected chi connectivity index (χ4v) is 4.43. The van der Waals surface area contributed by atoms with E-state index in [0.717, 1.165) is 18.4 Å². The number of amides is 1. The largest absolute Gasteiger partial charge is 0.573 e. The van der Waals surface area contributed by atoms with Crippen LogP contribution in [0.25, 0.3) is 0 Å². The minimum Gasteiger partial charge on any atom is -0.406 e. The predicted molar refractivity (Wildman–Crippen MR) is 82.4 cm³/mol. The number of nitrogens with zero attached hydrogens (tertiary/aromatic N) is 1. The summed E-state index contributed by atoms with van der Waals surface area (Å²) < 4.78 is 65.5. The Morgan fingerprint density at radius 3 is 2.36 bits per heavy atom. The van der Waals surface area contributed by atoms with Crippen molar-refractivity contribution in [3.63, 3.8) is 0 Å². The number of nitrogens with one attached hydrogen (secondary N) is 1. The number of likely N-dealkylation sites (tertiary alicyclic amines) is 1. The molecule has 1 saturated heterocycles. The molecule has 0 aromatic heterocycles. The summed E-state index contributed by atoms with van der Waals surface area (Å²) >= 11 is 0. The lowest BCUT2D eigenvalue weighted by molar-refractivity contribution is -0.274. The van der Waals surface area contributed by atoms with Crippen molar-refractivity contribution in [2.24, 2.45) is 5.92 Å². The van der Waals surface area contributed by atoms with Gasteiger partial charge in [0.05, 0.1) is 6.26 Å². The fraction of sp³-hybridized carbons (Fsp3) is 0.533. The second-order valence-electron chi connectivity index (χ2n) is 6.41. The van der Waals surface area contributed by atoms with Gasteiger partial charge in [0.25, 0.3) is 5.91 Å². The number of ether oxygens (including phenoxy) is 1. The van der Waals surface area contributed by atoms with E-state index >= 15 is 0 Å². The Kier molecular flexibility index (Phi) is 4.44. The van der Waals surface area contributed by atoms with Crippen LogP contribution in [0.4, 0.5) is 13.2 Å². The molecule has 3 atom stereocenters. The smallest absolute Gasteiger partial charge is 0.406 e. The van der Waals surface area contributed by atoms with Gasteiger partial charge < -0.3 is 9.64 Å². The van der Waals surface area contributed by atoms with Gasteiger partial charge in [0.1, 0.15) is 5.75 Å². The summed E-state index contributed by atoms with van der Waals surface area (Å²) in [7, 11) is -3.30. The van der Waals surface area contributed by atoms with Gasteiger partial charge in [-0.2, -0.15) is 0 Å². The van der Waals surface area contributed by atoms with Gasteiger partial charge in [-0.3, -0.25) is 4.79 Å². The highest BCUT2D eigenvalue weighted by molar-refractivity contribution is 7.88. The lowest BCUT2D eigenvalue weighted by Gasteiger charge is -2.31. The quantitative estimate of drug-likeness (QED) is 0.866. The van der Waals surface area contributed by atoms with Gasteiger partial charge in [0.15, 0.2) is 0 Å². The van der Waals surface area contributed by atoms with E-state index in [1.165, 1.54) is 12.1 Å². The van der Waals surface area contributed by atoms with Crippen LogP contribution in [0, 0.1) is 5.92 Å². The average molecular weight is 378 g/mol. The molecule has 1 aliphatic heterocycles. The maximum atomic E-state index is 12.5. The van der Waals surface area contributed by atoms with Crippen LogP contribution in [0.5, 0.6) is 5.75 Å². The summed E-state index contributed by atoms with van der Waals surface area (Å²) in [4.78, 5) is 14.2. The summed E-state index contributed by atoms with van der Waals surface area (Å²) in [6.45, 7) is 0.428. The average Bonchev–Trinajstić information content (AvgIpc) is 3.03. The molecule has 1 aromatic rings. The molecular weight excluding hydrogens is 361 g/mol. The van der Waals surface area contributed by atoms with E-state index in [4.69, 9.17) is 0 Å². The van der Waals surface area contributed by atoms with Gasteiger partial charge in [-0.15, -0.1) is 13.2 Å². The van der Waals surface area contributed by atoms with Gasteiger partial charge in [-0.1, -0.05) is 0 Å². The first-order valence-corrected chi connectivity index (χ1v) is 9.55. The maximum absolute atomic E-state index is 12.5. The molecule has 2 fully saturated rings. The van der Waals surface area contributed by atoms with E-state index < -0.39 is 16.4 Å². The van der Waals surface area contributed by atoms with Crippen LogP contribution in [0.15, 0.2) is 24.3 Å². The molecule has 138 valence electrons. The summed E-state index contributed by atoms with van der Waals surface area (Å²) in [6.07, 6.45) is -2.42. The molecule has 0 radical (unpaired) electrons. The van der Waals surface area contributed by atoms with Crippen molar-refractivity contribution < 1.29 is 31.1 Å². The topological polar surface area (TPSA) is 75.7 Å². The van der Waals surface area contributed by atoms with Gasteiger partial charge in [-0.05, 0) is 43.0 Å². The van der Waals surface area contributed by atoms with Crippen LogP contribution in [-0.2, 0) is 10.0 Å². The van der Waals surface area contributed by atoms with Crippen LogP contribution in [0.2, 0.25) is 0 Å². The van der Waals surface area contributed by atoms with Crippen molar-refractivity contribution in [1.82, 2.24) is 9.62 Å². The lowest BCUT2D eigenvalue weighted by atomic mass is 10.0. The number of carbonyl (C=O) groups excluding carboxylic acids is 1. The Balaban J connectivity index is 1.64. The highest BCUT2D eigenvalue weighted by Gasteiger charge is 2.47. The molecule has 10 heteroatoms. The zero-order chi connectivity index (χ0) is 18.4. The van der Waals surface area contributed by atoms with Crippen LogP contribution in [0.1, 0.15) is 23.2 Å². The van der Waals surface area contributed by atoms with Gasteiger partial charge in [0, 0.05) is 24.2 Å². The summed E-state index contributed by atoms with van der Waals surface area (Å²) in [5, 5.41) is 0. The first-order chi connectivity index (χ1) is 11.5. The molecule has 1 amide bonds. The second kappa shape index (κ2) is 6.17. The molecule has 1 aromatic carbocycles. The van der Waals surface area contributed by atoms with Crippen LogP contribution in [0.3, 0.4) is 0 Å². The number of benzene rings is 1. The zero-order valence-electron chi connectivity index (χ0n) is 13.3. The minimum atomic E-state index is -4.78. The third-order valence-corrected chi connectivity index (χ3v) is 5.23. The normalized spacial score (nSPS) is 26.1. The zero-order valence-corrected chi connectivity index (χ0v) is 14.1. The van der Waals surface area contributed by atoms with Crippen molar-refractivity contribution in [2.75, 3.05) is 12.8 Å². The van der Waals surface area contributed by atoms with Crippen molar-refractivity contribution in [3.8, 4) is 5.75 Å². The van der Waals surface area contributed by atoms with Crippen molar-refractivity contribution in [2.45, 2.75) is 31.3 Å². The molecule has 1 aliphatic carbocycles. The Bertz CT molecular complexity index is 764. The first-order valence-electron chi connectivity index (χ1n) is 7.66. The molecule has 1 saturated carbocycles. The minimum absolute atomic E-state index is 0.0523. The Morgan fingerprint density at radius 2 is 1.88 bits per heavy atom. The van der Waals surface area contributed by atoms with E-state index in [-0.39, 0.29) is 35.2 Å². The lowest BCUT2D eigenvalue weighted by Crippen LogP contribution is -2.47. The number of carbonyl (C=O) groups is 1. The molecule has 3 rings (SSSR count).